The van der Waals surface area contributed by atoms with E-state index in [2.05, 4.69) is 0 Å². The number of hydrogen-bond acceptors (Lipinski definition) is 4. The van der Waals surface area contributed by atoms with Gasteiger partial charge in [-0.3, -0.25) is 4.79 Å². The van der Waals surface area contributed by atoms with Crippen molar-refractivity contribution in [3.8, 4) is 16.9 Å². The molecule has 6 nitrogen and oxygen atoms in total. The standard InChI is InChI=1S/C34H38FNO5/c1-19-24-13-10-16-40-30(24)27(35)17-25(19)28-21(3)26-18-36(32(37)22-11-8-7-9-12-22)15-14-23(26)20(2)29(28)31(33(38)39)41-34(4,5)6/h7-9,11-12,17,31H,10,13-16,18H2,1-6H3,(H,38,39)/t31-/m0/s1. The predicted octanol–water partition coefficient (Wildman–Crippen LogP) is 6.88. The van der Waals surface area contributed by atoms with Crippen LogP contribution in [0.5, 0.6) is 5.75 Å². The van der Waals surface area contributed by atoms with Gasteiger partial charge >= 0.3 is 5.97 Å². The van der Waals surface area contributed by atoms with Gasteiger partial charge in [-0.05, 0) is 118 Å². The summed E-state index contributed by atoms with van der Waals surface area (Å²) in [5, 5.41) is 10.5. The molecule has 2 aliphatic heterocycles. The van der Waals surface area contributed by atoms with Crippen molar-refractivity contribution in [1.82, 2.24) is 4.90 Å². The molecule has 0 bridgehead atoms. The maximum atomic E-state index is 15.6. The Morgan fingerprint density at radius 1 is 1.00 bits per heavy atom. The Bertz CT molecular complexity index is 1520. The van der Waals surface area contributed by atoms with Crippen LogP contribution in [-0.4, -0.2) is 40.6 Å². The van der Waals surface area contributed by atoms with Crippen LogP contribution in [0, 0.1) is 26.6 Å². The molecule has 0 unspecified atom stereocenters. The fourth-order valence-corrected chi connectivity index (χ4v) is 6.34. The van der Waals surface area contributed by atoms with Gasteiger partial charge in [0.15, 0.2) is 17.7 Å². The van der Waals surface area contributed by atoms with E-state index < -0.39 is 23.5 Å². The fourth-order valence-electron chi connectivity index (χ4n) is 6.34. The van der Waals surface area contributed by atoms with Crippen LogP contribution < -0.4 is 4.74 Å². The summed E-state index contributed by atoms with van der Waals surface area (Å²) >= 11 is 0. The van der Waals surface area contributed by atoms with Gasteiger partial charge in [-0.2, -0.15) is 0 Å². The molecule has 1 N–H and O–H groups in total. The zero-order valence-electron chi connectivity index (χ0n) is 24.7. The van der Waals surface area contributed by atoms with Crippen LogP contribution in [0.2, 0.25) is 0 Å². The number of benzene rings is 3. The van der Waals surface area contributed by atoms with E-state index in [1.54, 1.807) is 0 Å². The second-order valence-corrected chi connectivity index (χ2v) is 12.1. The number of fused-ring (bicyclic) bond motifs is 2. The number of carbonyl (C=O) groups excluding carboxylic acids is 1. The first kappa shape index (κ1) is 28.8. The zero-order valence-corrected chi connectivity index (χ0v) is 24.7. The van der Waals surface area contributed by atoms with Gasteiger partial charge in [-0.25, -0.2) is 9.18 Å². The molecule has 7 heteroatoms. The second kappa shape index (κ2) is 10.9. The van der Waals surface area contributed by atoms with E-state index in [4.69, 9.17) is 9.47 Å². The Hall–Kier alpha value is -3.71. The predicted molar refractivity (Wildman–Crippen MR) is 156 cm³/mol. The number of carboxylic acids is 1. The van der Waals surface area contributed by atoms with Gasteiger partial charge in [0, 0.05) is 29.8 Å². The number of amides is 1. The molecule has 1 atom stereocenters. The van der Waals surface area contributed by atoms with E-state index in [-0.39, 0.29) is 11.7 Å². The molecule has 0 saturated heterocycles. The molecule has 1 amide bonds. The van der Waals surface area contributed by atoms with Crippen molar-refractivity contribution in [3.05, 3.63) is 86.7 Å². The lowest BCUT2D eigenvalue weighted by atomic mass is 9.78. The monoisotopic (exact) mass is 559 g/mol. The lowest BCUT2D eigenvalue weighted by Gasteiger charge is -2.36. The number of halogens is 1. The highest BCUT2D eigenvalue weighted by molar-refractivity contribution is 5.94. The molecule has 0 saturated carbocycles. The molecular formula is C34H38FNO5. The maximum absolute atomic E-state index is 15.6. The van der Waals surface area contributed by atoms with Crippen LogP contribution in [0.15, 0.2) is 36.4 Å². The average Bonchev–Trinajstić information content (AvgIpc) is 2.95. The van der Waals surface area contributed by atoms with E-state index in [9.17, 15) is 14.7 Å². The molecule has 2 aliphatic rings. The molecule has 3 aromatic rings. The third-order valence-electron chi connectivity index (χ3n) is 8.27. The van der Waals surface area contributed by atoms with Gasteiger partial charge < -0.3 is 19.5 Å². The smallest absolute Gasteiger partial charge is 0.337 e. The van der Waals surface area contributed by atoms with Crippen molar-refractivity contribution < 1.29 is 28.6 Å². The quantitative estimate of drug-likeness (QED) is 0.369. The topological polar surface area (TPSA) is 76.1 Å². The minimum absolute atomic E-state index is 0.0495. The van der Waals surface area contributed by atoms with Crippen molar-refractivity contribution in [1.29, 1.82) is 0 Å². The number of ether oxygens (including phenoxy) is 2. The summed E-state index contributed by atoms with van der Waals surface area (Å²) in [6.45, 7) is 12.7. The number of carbonyl (C=O) groups is 2. The van der Waals surface area contributed by atoms with Crippen molar-refractivity contribution in [2.24, 2.45) is 0 Å². The molecule has 0 radical (unpaired) electrons. The van der Waals surface area contributed by atoms with Gasteiger partial charge in [0.05, 0.1) is 12.2 Å². The molecule has 41 heavy (non-hydrogen) atoms. The lowest BCUT2D eigenvalue weighted by molar-refractivity contribution is -0.160. The highest BCUT2D eigenvalue weighted by Crippen LogP contribution is 2.46. The molecule has 0 aliphatic carbocycles. The molecular weight excluding hydrogens is 521 g/mol. The van der Waals surface area contributed by atoms with Crippen LogP contribution in [0.4, 0.5) is 4.39 Å². The molecule has 216 valence electrons. The van der Waals surface area contributed by atoms with Crippen LogP contribution in [0.25, 0.3) is 11.1 Å². The van der Waals surface area contributed by atoms with E-state index >= 15 is 4.39 Å². The van der Waals surface area contributed by atoms with Crippen molar-refractivity contribution in [2.45, 2.75) is 79.1 Å². The first-order valence-electron chi connectivity index (χ1n) is 14.2. The van der Waals surface area contributed by atoms with Crippen LogP contribution in [0.1, 0.15) is 82.6 Å². The summed E-state index contributed by atoms with van der Waals surface area (Å²) < 4.78 is 27.4. The molecule has 3 aromatic carbocycles. The van der Waals surface area contributed by atoms with Gasteiger partial charge in [-0.15, -0.1) is 0 Å². The molecule has 0 fully saturated rings. The Morgan fingerprint density at radius 2 is 1.71 bits per heavy atom. The minimum Gasteiger partial charge on any atom is -0.490 e. The normalized spacial score (nSPS) is 15.5. The van der Waals surface area contributed by atoms with E-state index in [0.717, 1.165) is 39.8 Å². The molecule has 0 spiro atoms. The SMILES string of the molecule is Cc1c(-c2c(C)c3c(c(C)c2[C@H](OC(C)(C)C)C(=O)O)CCN(C(=O)c2ccccc2)C3)cc(F)c2c1CCCO2. The first-order chi connectivity index (χ1) is 19.4. The summed E-state index contributed by atoms with van der Waals surface area (Å²) in [5.41, 5.74) is 7.09. The second-order valence-electron chi connectivity index (χ2n) is 12.1. The number of rotatable bonds is 5. The minimum atomic E-state index is -1.26. The number of aliphatic carboxylic acids is 1. The molecule has 0 aromatic heterocycles. The first-order valence-corrected chi connectivity index (χ1v) is 14.2. The molecule has 2 heterocycles. The average molecular weight is 560 g/mol. The summed E-state index contributed by atoms with van der Waals surface area (Å²) in [5.74, 6) is -1.32. The van der Waals surface area contributed by atoms with Gasteiger partial charge in [0.2, 0.25) is 0 Å². The number of carboxylic acid groups (broad SMARTS) is 1. The highest BCUT2D eigenvalue weighted by atomic mass is 19.1. The third kappa shape index (κ3) is 5.35. The Morgan fingerprint density at radius 3 is 2.37 bits per heavy atom. The van der Waals surface area contributed by atoms with Crippen molar-refractivity contribution in [3.63, 3.8) is 0 Å². The Kier molecular flexibility index (Phi) is 7.68. The van der Waals surface area contributed by atoms with Crippen LogP contribution in [-0.2, 0) is 28.9 Å². The summed E-state index contributed by atoms with van der Waals surface area (Å²) in [4.78, 5) is 28.0. The van der Waals surface area contributed by atoms with Crippen molar-refractivity contribution >= 4 is 11.9 Å². The van der Waals surface area contributed by atoms with Gasteiger partial charge in [-0.1, -0.05) is 18.2 Å². The Labute approximate surface area is 241 Å². The number of hydrogen-bond donors (Lipinski definition) is 1. The summed E-state index contributed by atoms with van der Waals surface area (Å²) in [6, 6.07) is 10.7. The third-order valence-corrected chi connectivity index (χ3v) is 8.27. The van der Waals surface area contributed by atoms with E-state index in [1.807, 2.05) is 76.8 Å². The maximum Gasteiger partial charge on any atom is 0.337 e. The zero-order chi connectivity index (χ0) is 29.6. The van der Waals surface area contributed by atoms with E-state index in [0.29, 0.717) is 54.8 Å². The molecule has 5 rings (SSSR count). The Balaban J connectivity index is 1.75. The van der Waals surface area contributed by atoms with Gasteiger partial charge in [0.1, 0.15) is 0 Å². The fraction of sp³-hybridized carbons (Fsp3) is 0.412. The van der Waals surface area contributed by atoms with E-state index in [1.165, 1.54) is 6.07 Å². The number of nitrogens with zero attached hydrogens (tertiary/aromatic N) is 1. The van der Waals surface area contributed by atoms with Crippen LogP contribution >= 0.6 is 0 Å². The highest BCUT2D eigenvalue weighted by Gasteiger charge is 2.36. The summed E-state index contributed by atoms with van der Waals surface area (Å²) in [7, 11) is 0. The largest absolute Gasteiger partial charge is 0.490 e. The van der Waals surface area contributed by atoms with Crippen LogP contribution in [0.3, 0.4) is 0 Å². The van der Waals surface area contributed by atoms with Crippen molar-refractivity contribution in [2.75, 3.05) is 13.2 Å². The van der Waals surface area contributed by atoms with Gasteiger partial charge in [0.25, 0.3) is 5.91 Å². The lowest BCUT2D eigenvalue weighted by Crippen LogP contribution is -2.37. The summed E-state index contributed by atoms with van der Waals surface area (Å²) in [6.07, 6.45) is 0.798.